The normalized spacial score (nSPS) is 10.5. The van der Waals surface area contributed by atoms with Crippen molar-refractivity contribution in [3.8, 4) is 17.6 Å². The van der Waals surface area contributed by atoms with Gasteiger partial charge in [-0.2, -0.15) is 5.26 Å². The molecular weight excluding hydrogens is 312 g/mol. The Labute approximate surface area is 136 Å². The Hall–Kier alpha value is -3.53. The third kappa shape index (κ3) is 2.85. The Balaban J connectivity index is 1.86. The third-order valence-electron chi connectivity index (χ3n) is 3.35. The van der Waals surface area contributed by atoms with Gasteiger partial charge >= 0.3 is 5.97 Å². The molecule has 0 saturated carbocycles. The second-order valence-electron chi connectivity index (χ2n) is 5.16. The van der Waals surface area contributed by atoms with Gasteiger partial charge in [-0.05, 0) is 42.8 Å². The second kappa shape index (κ2) is 5.93. The molecule has 0 aliphatic carbocycles. The summed E-state index contributed by atoms with van der Waals surface area (Å²) >= 11 is 0. The number of nitriles is 1. The van der Waals surface area contributed by atoms with Crippen molar-refractivity contribution in [3.63, 3.8) is 0 Å². The fourth-order valence-corrected chi connectivity index (χ4v) is 2.29. The number of aromatic hydroxyl groups is 1. The number of fused-ring (bicyclic) bond motifs is 1. The Bertz CT molecular complexity index is 985. The predicted molar refractivity (Wildman–Crippen MR) is 82.9 cm³/mol. The molecule has 2 N–H and O–H groups in total. The number of carboxylic acid groups (broad SMARTS) is 1. The van der Waals surface area contributed by atoms with Crippen LogP contribution in [0.4, 0.5) is 0 Å². The van der Waals surface area contributed by atoms with E-state index in [1.807, 2.05) is 6.07 Å². The van der Waals surface area contributed by atoms with E-state index in [-0.39, 0.29) is 35.1 Å². The Morgan fingerprint density at radius 3 is 2.88 bits per heavy atom. The van der Waals surface area contributed by atoms with Crippen molar-refractivity contribution in [2.24, 2.45) is 0 Å². The average molecular weight is 324 g/mol. The van der Waals surface area contributed by atoms with Crippen molar-refractivity contribution in [2.45, 2.75) is 13.5 Å². The first-order chi connectivity index (χ1) is 11.5. The molecule has 0 radical (unpaired) electrons. The monoisotopic (exact) mass is 324 g/mol. The van der Waals surface area contributed by atoms with Crippen molar-refractivity contribution in [3.05, 3.63) is 52.9 Å². The van der Waals surface area contributed by atoms with Gasteiger partial charge in [0.1, 0.15) is 11.6 Å². The van der Waals surface area contributed by atoms with Gasteiger partial charge < -0.3 is 19.4 Å². The first-order valence-electron chi connectivity index (χ1n) is 6.97. The number of hydrogen-bond donors (Lipinski definition) is 2. The number of nitrogens with zero attached hydrogens (tertiary/aromatic N) is 2. The Morgan fingerprint density at radius 1 is 1.38 bits per heavy atom. The molecule has 1 heterocycles. The van der Waals surface area contributed by atoms with Gasteiger partial charge in [0.15, 0.2) is 23.7 Å². The molecule has 0 aliphatic heterocycles. The van der Waals surface area contributed by atoms with Crippen LogP contribution in [0.2, 0.25) is 0 Å². The molecule has 3 rings (SSSR count). The second-order valence-corrected chi connectivity index (χ2v) is 5.16. The summed E-state index contributed by atoms with van der Waals surface area (Å²) < 4.78 is 10.9. The molecular formula is C17H12N2O5. The molecule has 24 heavy (non-hydrogen) atoms. The SMILES string of the molecule is Cc1cc(O)c(OCc2nc3ccc(C(=O)O)cc3o2)c(C#N)c1. The number of aryl methyl sites for hydroxylation is 1. The summed E-state index contributed by atoms with van der Waals surface area (Å²) in [5.74, 6) is -0.946. The van der Waals surface area contributed by atoms with E-state index in [0.29, 0.717) is 11.1 Å². The molecule has 1 aromatic heterocycles. The molecule has 0 saturated heterocycles. The van der Waals surface area contributed by atoms with Crippen LogP contribution in [0.25, 0.3) is 11.1 Å². The highest BCUT2D eigenvalue weighted by molar-refractivity contribution is 5.91. The maximum Gasteiger partial charge on any atom is 0.335 e. The Kier molecular flexibility index (Phi) is 3.80. The molecule has 2 aromatic carbocycles. The summed E-state index contributed by atoms with van der Waals surface area (Å²) in [5.41, 5.74) is 1.85. The van der Waals surface area contributed by atoms with Gasteiger partial charge in [0.25, 0.3) is 0 Å². The summed E-state index contributed by atoms with van der Waals surface area (Å²) in [6, 6.07) is 9.38. The number of hydrogen-bond acceptors (Lipinski definition) is 6. The molecule has 7 heteroatoms. The largest absolute Gasteiger partial charge is 0.504 e. The van der Waals surface area contributed by atoms with Crippen LogP contribution in [0.1, 0.15) is 27.4 Å². The fraction of sp³-hybridized carbons (Fsp3) is 0.118. The number of phenols is 1. The van der Waals surface area contributed by atoms with Crippen LogP contribution >= 0.6 is 0 Å². The summed E-state index contributed by atoms with van der Waals surface area (Å²) in [5, 5.41) is 28.0. The van der Waals surface area contributed by atoms with Crippen LogP contribution in [0.3, 0.4) is 0 Å². The van der Waals surface area contributed by atoms with Crippen LogP contribution in [-0.2, 0) is 6.61 Å². The smallest absolute Gasteiger partial charge is 0.335 e. The lowest BCUT2D eigenvalue weighted by molar-refractivity contribution is 0.0697. The van der Waals surface area contributed by atoms with Crippen LogP contribution in [0.15, 0.2) is 34.7 Å². The average Bonchev–Trinajstić information content (AvgIpc) is 2.94. The van der Waals surface area contributed by atoms with E-state index in [1.54, 1.807) is 13.0 Å². The number of rotatable bonds is 4. The zero-order valence-electron chi connectivity index (χ0n) is 12.6. The van der Waals surface area contributed by atoms with E-state index >= 15 is 0 Å². The first-order valence-corrected chi connectivity index (χ1v) is 6.97. The molecule has 0 amide bonds. The minimum Gasteiger partial charge on any atom is -0.504 e. The summed E-state index contributed by atoms with van der Waals surface area (Å²) in [4.78, 5) is 15.1. The highest BCUT2D eigenvalue weighted by atomic mass is 16.5. The quantitative estimate of drug-likeness (QED) is 0.757. The molecule has 3 aromatic rings. The van der Waals surface area contributed by atoms with Gasteiger partial charge in [0.05, 0.1) is 11.1 Å². The molecule has 120 valence electrons. The lowest BCUT2D eigenvalue weighted by Crippen LogP contribution is -1.98. The van der Waals surface area contributed by atoms with Crippen molar-refractivity contribution >= 4 is 17.1 Å². The zero-order chi connectivity index (χ0) is 17.3. The lowest BCUT2D eigenvalue weighted by atomic mass is 10.1. The number of benzene rings is 2. The summed E-state index contributed by atoms with van der Waals surface area (Å²) in [6.07, 6.45) is 0. The molecule has 0 bridgehead atoms. The third-order valence-corrected chi connectivity index (χ3v) is 3.35. The van der Waals surface area contributed by atoms with Gasteiger partial charge in [-0.25, -0.2) is 9.78 Å². The van der Waals surface area contributed by atoms with Crippen LogP contribution < -0.4 is 4.74 Å². The molecule has 0 aliphatic rings. The van der Waals surface area contributed by atoms with E-state index in [2.05, 4.69) is 4.98 Å². The highest BCUT2D eigenvalue weighted by Crippen LogP contribution is 2.32. The van der Waals surface area contributed by atoms with Crippen molar-refractivity contribution in [1.82, 2.24) is 4.98 Å². The number of aromatic carboxylic acids is 1. The first kappa shape index (κ1) is 15.4. The predicted octanol–water partition coefficient (Wildman–Crippen LogP) is 2.99. The standard InChI is InChI=1S/C17H12N2O5/c1-9-4-11(7-18)16(13(20)5-9)23-8-15-19-12-3-2-10(17(21)22)6-14(12)24-15/h2-6,20H,8H2,1H3,(H,21,22). The topological polar surface area (TPSA) is 117 Å². The minimum atomic E-state index is -1.06. The number of carboxylic acids is 1. The van der Waals surface area contributed by atoms with Crippen molar-refractivity contribution in [1.29, 1.82) is 5.26 Å². The van der Waals surface area contributed by atoms with Crippen molar-refractivity contribution < 1.29 is 24.2 Å². The molecule has 0 fully saturated rings. The Morgan fingerprint density at radius 2 is 2.17 bits per heavy atom. The fourth-order valence-electron chi connectivity index (χ4n) is 2.29. The number of carbonyl (C=O) groups is 1. The number of phenolic OH excluding ortho intramolecular Hbond substituents is 1. The number of oxazole rings is 1. The van der Waals surface area contributed by atoms with Crippen LogP contribution in [0, 0.1) is 18.3 Å². The zero-order valence-corrected chi connectivity index (χ0v) is 12.6. The van der Waals surface area contributed by atoms with E-state index in [4.69, 9.17) is 19.5 Å². The minimum absolute atomic E-state index is 0.0524. The maximum atomic E-state index is 11.0. The number of ether oxygens (including phenoxy) is 1. The molecule has 0 spiro atoms. The summed E-state index contributed by atoms with van der Waals surface area (Å²) in [6.45, 7) is 1.65. The lowest BCUT2D eigenvalue weighted by Gasteiger charge is -2.08. The number of aromatic nitrogens is 1. The summed E-state index contributed by atoms with van der Waals surface area (Å²) in [7, 11) is 0. The molecule has 0 unspecified atom stereocenters. The van der Waals surface area contributed by atoms with Gasteiger partial charge in [0, 0.05) is 0 Å². The van der Waals surface area contributed by atoms with E-state index in [1.165, 1.54) is 24.3 Å². The van der Waals surface area contributed by atoms with Gasteiger partial charge in [-0.3, -0.25) is 0 Å². The van der Waals surface area contributed by atoms with Gasteiger partial charge in [0.2, 0.25) is 5.89 Å². The van der Waals surface area contributed by atoms with Crippen LogP contribution in [0.5, 0.6) is 11.5 Å². The maximum absolute atomic E-state index is 11.0. The van der Waals surface area contributed by atoms with E-state index in [0.717, 1.165) is 5.56 Å². The van der Waals surface area contributed by atoms with Gasteiger partial charge in [-0.15, -0.1) is 0 Å². The van der Waals surface area contributed by atoms with Crippen LogP contribution in [-0.4, -0.2) is 21.2 Å². The highest BCUT2D eigenvalue weighted by Gasteiger charge is 2.14. The van der Waals surface area contributed by atoms with E-state index in [9.17, 15) is 9.90 Å². The van der Waals surface area contributed by atoms with E-state index < -0.39 is 5.97 Å². The molecule has 7 nitrogen and oxygen atoms in total. The van der Waals surface area contributed by atoms with Gasteiger partial charge in [-0.1, -0.05) is 0 Å². The molecule has 0 atom stereocenters. The van der Waals surface area contributed by atoms with Crippen molar-refractivity contribution in [2.75, 3.05) is 0 Å².